The molecular formula is C19H21FN2O. The molecule has 1 aliphatic heterocycles. The van der Waals surface area contributed by atoms with Crippen LogP contribution in [0.3, 0.4) is 0 Å². The van der Waals surface area contributed by atoms with E-state index < -0.39 is 0 Å². The summed E-state index contributed by atoms with van der Waals surface area (Å²) in [6.07, 6.45) is 1.40. The predicted octanol–water partition coefficient (Wildman–Crippen LogP) is 3.24. The van der Waals surface area contributed by atoms with Gasteiger partial charge in [-0.25, -0.2) is 4.39 Å². The van der Waals surface area contributed by atoms with Crippen molar-refractivity contribution in [2.45, 2.75) is 19.4 Å². The summed E-state index contributed by atoms with van der Waals surface area (Å²) in [4.78, 5) is 16.4. The van der Waals surface area contributed by atoms with Crippen LogP contribution in [0.2, 0.25) is 0 Å². The fourth-order valence-corrected chi connectivity index (χ4v) is 3.04. The SMILES string of the molecule is CN(CCC(=O)N1CCc2ccccc21)Cc1cccc(F)c1. The molecule has 2 aromatic carbocycles. The highest BCUT2D eigenvalue weighted by atomic mass is 19.1. The van der Waals surface area contributed by atoms with Gasteiger partial charge in [0.1, 0.15) is 5.82 Å². The van der Waals surface area contributed by atoms with Gasteiger partial charge in [-0.3, -0.25) is 4.79 Å². The van der Waals surface area contributed by atoms with Crippen molar-refractivity contribution < 1.29 is 9.18 Å². The first-order valence-corrected chi connectivity index (χ1v) is 7.95. The van der Waals surface area contributed by atoms with E-state index in [0.717, 1.165) is 24.2 Å². The van der Waals surface area contributed by atoms with Crippen LogP contribution < -0.4 is 4.90 Å². The lowest BCUT2D eigenvalue weighted by Crippen LogP contribution is -2.32. The zero-order chi connectivity index (χ0) is 16.2. The number of fused-ring (bicyclic) bond motifs is 1. The molecule has 1 aliphatic rings. The van der Waals surface area contributed by atoms with E-state index in [1.807, 2.05) is 36.2 Å². The van der Waals surface area contributed by atoms with Gasteiger partial charge in [-0.15, -0.1) is 0 Å². The molecular weight excluding hydrogens is 291 g/mol. The molecule has 23 heavy (non-hydrogen) atoms. The number of carbonyl (C=O) groups excluding carboxylic acids is 1. The van der Waals surface area contributed by atoms with Gasteiger partial charge < -0.3 is 9.80 Å². The monoisotopic (exact) mass is 312 g/mol. The van der Waals surface area contributed by atoms with Crippen LogP contribution in [-0.4, -0.2) is 30.9 Å². The third-order valence-corrected chi connectivity index (χ3v) is 4.24. The normalized spacial score (nSPS) is 13.4. The average molecular weight is 312 g/mol. The van der Waals surface area contributed by atoms with Crippen molar-refractivity contribution in [1.82, 2.24) is 4.90 Å². The largest absolute Gasteiger partial charge is 0.312 e. The van der Waals surface area contributed by atoms with E-state index in [1.165, 1.54) is 17.7 Å². The lowest BCUT2D eigenvalue weighted by atomic mass is 10.2. The number of benzene rings is 2. The van der Waals surface area contributed by atoms with E-state index in [2.05, 4.69) is 11.0 Å². The van der Waals surface area contributed by atoms with Crippen molar-refractivity contribution in [2.75, 3.05) is 25.0 Å². The molecule has 0 saturated carbocycles. The van der Waals surface area contributed by atoms with Crippen LogP contribution in [-0.2, 0) is 17.8 Å². The molecule has 120 valence electrons. The van der Waals surface area contributed by atoms with E-state index in [-0.39, 0.29) is 11.7 Å². The fourth-order valence-electron chi connectivity index (χ4n) is 3.04. The standard InChI is InChI=1S/C19H21FN2O/c1-21(14-15-5-4-7-17(20)13-15)11-10-19(23)22-12-9-16-6-2-3-8-18(16)22/h2-8,13H,9-12,14H2,1H3. The Morgan fingerprint density at radius 2 is 2.04 bits per heavy atom. The highest BCUT2D eigenvalue weighted by molar-refractivity contribution is 5.95. The maximum atomic E-state index is 13.2. The molecule has 0 bridgehead atoms. The quantitative estimate of drug-likeness (QED) is 0.846. The summed E-state index contributed by atoms with van der Waals surface area (Å²) in [7, 11) is 1.95. The number of nitrogens with zero attached hydrogens (tertiary/aromatic N) is 2. The second-order valence-corrected chi connectivity index (χ2v) is 6.04. The smallest absolute Gasteiger partial charge is 0.228 e. The van der Waals surface area contributed by atoms with E-state index in [4.69, 9.17) is 0 Å². The molecule has 0 unspecified atom stereocenters. The second-order valence-electron chi connectivity index (χ2n) is 6.04. The fraction of sp³-hybridized carbons (Fsp3) is 0.316. The third kappa shape index (κ3) is 3.77. The number of rotatable bonds is 5. The number of amides is 1. The Balaban J connectivity index is 1.53. The number of anilines is 1. The molecule has 0 aliphatic carbocycles. The van der Waals surface area contributed by atoms with Gasteiger partial charge in [0.15, 0.2) is 0 Å². The first kappa shape index (κ1) is 15.7. The Hall–Kier alpha value is -2.20. The number of para-hydroxylation sites is 1. The highest BCUT2D eigenvalue weighted by Gasteiger charge is 2.23. The molecule has 0 saturated heterocycles. The Morgan fingerprint density at radius 3 is 2.87 bits per heavy atom. The molecule has 3 nitrogen and oxygen atoms in total. The van der Waals surface area contributed by atoms with Gasteiger partial charge in [0.25, 0.3) is 0 Å². The summed E-state index contributed by atoms with van der Waals surface area (Å²) in [5.74, 6) is -0.0679. The van der Waals surface area contributed by atoms with Gasteiger partial charge in [0, 0.05) is 31.7 Å². The summed E-state index contributed by atoms with van der Waals surface area (Å²) in [5.41, 5.74) is 3.21. The summed E-state index contributed by atoms with van der Waals surface area (Å²) in [5, 5.41) is 0. The molecule has 2 aromatic rings. The molecule has 1 heterocycles. The first-order valence-electron chi connectivity index (χ1n) is 7.95. The number of hydrogen-bond donors (Lipinski definition) is 0. The van der Waals surface area contributed by atoms with Crippen LogP contribution >= 0.6 is 0 Å². The maximum absolute atomic E-state index is 13.2. The summed E-state index contributed by atoms with van der Waals surface area (Å²) < 4.78 is 13.2. The minimum atomic E-state index is -0.222. The molecule has 0 fully saturated rings. The van der Waals surface area contributed by atoms with E-state index in [1.54, 1.807) is 6.07 Å². The summed E-state index contributed by atoms with van der Waals surface area (Å²) in [6, 6.07) is 14.7. The van der Waals surface area contributed by atoms with E-state index in [0.29, 0.717) is 19.5 Å². The lowest BCUT2D eigenvalue weighted by molar-refractivity contribution is -0.118. The van der Waals surface area contributed by atoms with Crippen LogP contribution in [0.5, 0.6) is 0 Å². The van der Waals surface area contributed by atoms with Crippen LogP contribution in [0.4, 0.5) is 10.1 Å². The van der Waals surface area contributed by atoms with Crippen molar-refractivity contribution in [1.29, 1.82) is 0 Å². The topological polar surface area (TPSA) is 23.6 Å². The highest BCUT2D eigenvalue weighted by Crippen LogP contribution is 2.27. The molecule has 0 radical (unpaired) electrons. The van der Waals surface area contributed by atoms with Gasteiger partial charge in [-0.2, -0.15) is 0 Å². The molecule has 1 amide bonds. The Morgan fingerprint density at radius 1 is 1.22 bits per heavy atom. The van der Waals surface area contributed by atoms with E-state index >= 15 is 0 Å². The van der Waals surface area contributed by atoms with Gasteiger partial charge >= 0.3 is 0 Å². The van der Waals surface area contributed by atoms with Gasteiger partial charge in [-0.1, -0.05) is 30.3 Å². The zero-order valence-corrected chi connectivity index (χ0v) is 13.3. The zero-order valence-electron chi connectivity index (χ0n) is 13.3. The molecule has 0 aromatic heterocycles. The molecule has 4 heteroatoms. The van der Waals surface area contributed by atoms with Crippen molar-refractivity contribution >= 4 is 11.6 Å². The summed E-state index contributed by atoms with van der Waals surface area (Å²) in [6.45, 7) is 2.07. The number of hydrogen-bond acceptors (Lipinski definition) is 2. The second kappa shape index (κ2) is 6.92. The average Bonchev–Trinajstić information content (AvgIpc) is 2.97. The van der Waals surface area contributed by atoms with Gasteiger partial charge in [0.05, 0.1) is 0 Å². The van der Waals surface area contributed by atoms with Crippen LogP contribution in [0.1, 0.15) is 17.5 Å². The minimum absolute atomic E-state index is 0.154. The molecule has 0 N–H and O–H groups in total. The van der Waals surface area contributed by atoms with Crippen molar-refractivity contribution in [3.8, 4) is 0 Å². The molecule has 3 rings (SSSR count). The number of halogens is 1. The Kier molecular flexibility index (Phi) is 4.72. The van der Waals surface area contributed by atoms with Crippen molar-refractivity contribution in [3.05, 3.63) is 65.5 Å². The van der Waals surface area contributed by atoms with Crippen LogP contribution in [0.15, 0.2) is 48.5 Å². The third-order valence-electron chi connectivity index (χ3n) is 4.24. The van der Waals surface area contributed by atoms with Crippen LogP contribution in [0, 0.1) is 5.82 Å². The van der Waals surface area contributed by atoms with Crippen molar-refractivity contribution in [3.63, 3.8) is 0 Å². The Bertz CT molecular complexity index is 701. The molecule has 0 spiro atoms. The van der Waals surface area contributed by atoms with Crippen LogP contribution in [0.25, 0.3) is 0 Å². The van der Waals surface area contributed by atoms with Gasteiger partial charge in [0.2, 0.25) is 5.91 Å². The van der Waals surface area contributed by atoms with E-state index in [9.17, 15) is 9.18 Å². The number of carbonyl (C=O) groups is 1. The first-order chi connectivity index (χ1) is 11.1. The lowest BCUT2D eigenvalue weighted by Gasteiger charge is -2.20. The maximum Gasteiger partial charge on any atom is 0.228 e. The minimum Gasteiger partial charge on any atom is -0.312 e. The Labute approximate surface area is 136 Å². The summed E-state index contributed by atoms with van der Waals surface area (Å²) >= 11 is 0. The van der Waals surface area contributed by atoms with Crippen molar-refractivity contribution in [2.24, 2.45) is 0 Å². The van der Waals surface area contributed by atoms with Gasteiger partial charge in [-0.05, 0) is 42.8 Å². The molecule has 0 atom stereocenters. The predicted molar refractivity (Wildman–Crippen MR) is 89.9 cm³/mol.